The van der Waals surface area contributed by atoms with Crippen molar-refractivity contribution in [1.82, 2.24) is 4.98 Å². The maximum Gasteiger partial charge on any atom is 0.253 e. The fourth-order valence-electron chi connectivity index (χ4n) is 3.07. The number of amides is 1. The Morgan fingerprint density at radius 2 is 1.73 bits per heavy atom. The van der Waals surface area contributed by atoms with E-state index in [-0.39, 0.29) is 5.91 Å². The number of fused-ring (bicyclic) bond motifs is 1. The Morgan fingerprint density at radius 3 is 2.47 bits per heavy atom. The van der Waals surface area contributed by atoms with Gasteiger partial charge < -0.3 is 0 Å². The fourth-order valence-corrected chi connectivity index (χ4v) is 4.59. The van der Waals surface area contributed by atoms with E-state index in [9.17, 15) is 4.79 Å². The molecule has 3 aromatic carbocycles. The van der Waals surface area contributed by atoms with Gasteiger partial charge in [-0.05, 0) is 41.8 Å². The van der Waals surface area contributed by atoms with Crippen LogP contribution in [0.3, 0.4) is 0 Å². The van der Waals surface area contributed by atoms with Gasteiger partial charge in [-0.1, -0.05) is 89.1 Å². The zero-order valence-corrected chi connectivity index (χ0v) is 18.5. The number of aromatic nitrogens is 1. The van der Waals surface area contributed by atoms with Crippen LogP contribution in [0, 0.1) is 6.92 Å². The molecule has 0 saturated heterocycles. The molecule has 1 heterocycles. The molecule has 6 heteroatoms. The maximum atomic E-state index is 13.2. The topological polar surface area (TPSA) is 33.2 Å². The summed E-state index contributed by atoms with van der Waals surface area (Å²) in [5.41, 5.74) is 3.65. The van der Waals surface area contributed by atoms with E-state index in [0.29, 0.717) is 21.7 Å². The zero-order chi connectivity index (χ0) is 21.1. The lowest BCUT2D eigenvalue weighted by Gasteiger charge is -2.18. The van der Waals surface area contributed by atoms with Crippen molar-refractivity contribution in [3.05, 3.63) is 99.5 Å². The molecule has 4 aromatic rings. The molecule has 0 fully saturated rings. The van der Waals surface area contributed by atoms with Crippen LogP contribution in [0.2, 0.25) is 10.0 Å². The zero-order valence-electron chi connectivity index (χ0n) is 16.2. The molecule has 0 bridgehead atoms. The van der Waals surface area contributed by atoms with Gasteiger partial charge in [-0.3, -0.25) is 9.69 Å². The van der Waals surface area contributed by atoms with Gasteiger partial charge in [-0.2, -0.15) is 0 Å². The first-order valence-corrected chi connectivity index (χ1v) is 10.9. The molecule has 0 aliphatic carbocycles. The van der Waals surface area contributed by atoms with Gasteiger partial charge >= 0.3 is 0 Å². The minimum absolute atomic E-state index is 0.174. The van der Waals surface area contributed by atoms with E-state index in [1.54, 1.807) is 17.0 Å². The molecule has 0 N–H and O–H groups in total. The number of aryl methyl sites for hydroxylation is 1. The van der Waals surface area contributed by atoms with Gasteiger partial charge in [0.25, 0.3) is 5.91 Å². The average molecular weight is 453 g/mol. The summed E-state index contributed by atoms with van der Waals surface area (Å²) in [5, 5.41) is 1.84. The third-order valence-corrected chi connectivity index (χ3v) is 6.56. The number of hydrogen-bond acceptors (Lipinski definition) is 3. The molecule has 0 spiro atoms. The smallest absolute Gasteiger partial charge is 0.253 e. The number of hydrogen-bond donors (Lipinski definition) is 0. The lowest BCUT2D eigenvalue weighted by Crippen LogP contribution is -2.28. The van der Waals surface area contributed by atoms with Gasteiger partial charge in [0.05, 0.1) is 21.8 Å². The Kier molecular flexibility index (Phi) is 6.18. The first kappa shape index (κ1) is 20.6. The summed E-state index contributed by atoms with van der Waals surface area (Å²) in [6.07, 6.45) is 3.26. The molecular formula is C24H18Cl2N2OS. The van der Waals surface area contributed by atoms with Crippen LogP contribution in [0.25, 0.3) is 16.3 Å². The third kappa shape index (κ3) is 4.41. The highest BCUT2D eigenvalue weighted by Crippen LogP contribution is 2.36. The monoisotopic (exact) mass is 452 g/mol. The van der Waals surface area contributed by atoms with Crippen molar-refractivity contribution in [3.63, 3.8) is 0 Å². The summed E-state index contributed by atoms with van der Waals surface area (Å²) >= 11 is 14.0. The Bertz CT molecular complexity index is 1200. The van der Waals surface area contributed by atoms with Crippen molar-refractivity contribution in [2.45, 2.75) is 13.5 Å². The summed E-state index contributed by atoms with van der Waals surface area (Å²) in [4.78, 5) is 19.6. The van der Waals surface area contributed by atoms with E-state index in [1.165, 1.54) is 17.4 Å². The second-order valence-corrected chi connectivity index (χ2v) is 8.60. The molecule has 1 aromatic heterocycles. The molecule has 0 atom stereocenters. The van der Waals surface area contributed by atoms with Crippen molar-refractivity contribution in [2.24, 2.45) is 0 Å². The second kappa shape index (κ2) is 9.00. The van der Waals surface area contributed by atoms with E-state index in [0.717, 1.165) is 26.9 Å². The largest absolute Gasteiger partial charge is 0.280 e. The van der Waals surface area contributed by atoms with Crippen molar-refractivity contribution < 1.29 is 4.79 Å². The summed E-state index contributed by atoms with van der Waals surface area (Å²) in [6.45, 7) is 2.39. The van der Waals surface area contributed by atoms with Crippen LogP contribution in [-0.4, -0.2) is 10.9 Å². The first-order chi connectivity index (χ1) is 14.5. The average Bonchev–Trinajstić information content (AvgIpc) is 3.21. The van der Waals surface area contributed by atoms with E-state index >= 15 is 0 Å². The summed E-state index contributed by atoms with van der Waals surface area (Å²) in [6, 6.07) is 21.1. The predicted octanol–water partition coefficient (Wildman–Crippen LogP) is 7.16. The molecule has 0 saturated carbocycles. The van der Waals surface area contributed by atoms with Crippen molar-refractivity contribution in [1.29, 1.82) is 0 Å². The van der Waals surface area contributed by atoms with Crippen molar-refractivity contribution >= 4 is 61.9 Å². The highest BCUT2D eigenvalue weighted by molar-refractivity contribution is 7.23. The summed E-state index contributed by atoms with van der Waals surface area (Å²) < 4.78 is 0.882. The number of carbonyl (C=O) groups is 1. The van der Waals surface area contributed by atoms with Crippen LogP contribution in [0.15, 0.2) is 72.8 Å². The number of rotatable bonds is 5. The number of carbonyl (C=O) groups excluding carboxylic acids is 1. The molecule has 4 rings (SSSR count). The standard InChI is InChI=1S/C24H18Cl2N2OS/c1-16-11-13-20(26)23-22(16)27-24(30-23)28(15-17-7-3-2-4-8-17)21(29)14-12-18-9-5-6-10-19(18)25/h2-14H,15H2,1H3/b14-12+. The highest BCUT2D eigenvalue weighted by Gasteiger charge is 2.20. The number of thiazole rings is 1. The minimum Gasteiger partial charge on any atom is -0.280 e. The van der Waals surface area contributed by atoms with Gasteiger partial charge in [0, 0.05) is 11.1 Å². The molecule has 0 unspecified atom stereocenters. The van der Waals surface area contributed by atoms with Crippen LogP contribution in [0.1, 0.15) is 16.7 Å². The molecule has 0 radical (unpaired) electrons. The van der Waals surface area contributed by atoms with Gasteiger partial charge in [-0.15, -0.1) is 0 Å². The Morgan fingerprint density at radius 1 is 1.00 bits per heavy atom. The number of benzene rings is 3. The lowest BCUT2D eigenvalue weighted by molar-refractivity contribution is -0.114. The van der Waals surface area contributed by atoms with Gasteiger partial charge in [0.15, 0.2) is 5.13 Å². The minimum atomic E-state index is -0.174. The van der Waals surface area contributed by atoms with E-state index in [1.807, 2.05) is 67.6 Å². The molecule has 30 heavy (non-hydrogen) atoms. The van der Waals surface area contributed by atoms with Crippen LogP contribution >= 0.6 is 34.5 Å². The van der Waals surface area contributed by atoms with Crippen LogP contribution < -0.4 is 4.90 Å². The highest BCUT2D eigenvalue weighted by atomic mass is 35.5. The number of nitrogens with zero attached hydrogens (tertiary/aromatic N) is 2. The van der Waals surface area contributed by atoms with Crippen molar-refractivity contribution in [3.8, 4) is 0 Å². The molecule has 1 amide bonds. The maximum absolute atomic E-state index is 13.2. The fraction of sp³-hybridized carbons (Fsp3) is 0.0833. The van der Waals surface area contributed by atoms with E-state index in [4.69, 9.17) is 28.2 Å². The molecule has 150 valence electrons. The summed E-state index contributed by atoms with van der Waals surface area (Å²) in [5.74, 6) is -0.174. The van der Waals surface area contributed by atoms with Gasteiger partial charge in [-0.25, -0.2) is 4.98 Å². The lowest BCUT2D eigenvalue weighted by atomic mass is 10.2. The molecular weight excluding hydrogens is 435 g/mol. The van der Waals surface area contributed by atoms with Gasteiger partial charge in [0.2, 0.25) is 0 Å². The SMILES string of the molecule is Cc1ccc(Cl)c2sc(N(Cc3ccccc3)C(=O)/C=C/c3ccccc3Cl)nc12. The Labute approximate surface area is 189 Å². The Hall–Kier alpha value is -2.66. The quantitative estimate of drug-likeness (QED) is 0.301. The third-order valence-electron chi connectivity index (χ3n) is 4.68. The summed E-state index contributed by atoms with van der Waals surface area (Å²) in [7, 11) is 0. The molecule has 0 aliphatic heterocycles. The number of anilines is 1. The van der Waals surface area contributed by atoms with Crippen LogP contribution in [0.5, 0.6) is 0 Å². The van der Waals surface area contributed by atoms with Crippen LogP contribution in [-0.2, 0) is 11.3 Å². The molecule has 0 aliphatic rings. The van der Waals surface area contributed by atoms with Crippen molar-refractivity contribution in [2.75, 3.05) is 4.90 Å². The molecule has 3 nitrogen and oxygen atoms in total. The first-order valence-electron chi connectivity index (χ1n) is 9.36. The van der Waals surface area contributed by atoms with E-state index < -0.39 is 0 Å². The van der Waals surface area contributed by atoms with Crippen LogP contribution in [0.4, 0.5) is 5.13 Å². The second-order valence-electron chi connectivity index (χ2n) is 6.80. The van der Waals surface area contributed by atoms with E-state index in [2.05, 4.69) is 0 Å². The predicted molar refractivity (Wildman–Crippen MR) is 127 cm³/mol. The Balaban J connectivity index is 1.73. The number of halogens is 2. The normalized spacial score (nSPS) is 11.3. The van der Waals surface area contributed by atoms with Gasteiger partial charge in [0.1, 0.15) is 0 Å².